The Bertz CT molecular complexity index is 493. The fraction of sp³-hybridized carbons (Fsp3) is 0.500. The minimum Gasteiger partial charge on any atom is -1.00 e. The van der Waals surface area contributed by atoms with E-state index in [4.69, 9.17) is 10.5 Å². The summed E-state index contributed by atoms with van der Waals surface area (Å²) in [6.07, 6.45) is 0. The van der Waals surface area contributed by atoms with Crippen LogP contribution in [-0.4, -0.2) is 50.2 Å². The summed E-state index contributed by atoms with van der Waals surface area (Å²) in [5.41, 5.74) is 2.52. The van der Waals surface area contributed by atoms with Crippen LogP contribution >= 0.6 is 0 Å². The first-order valence-corrected chi connectivity index (χ1v) is 6.74. The monoisotopic (exact) mass is 342 g/mol. The topological polar surface area (TPSA) is 47.6 Å². The van der Waals surface area contributed by atoms with Gasteiger partial charge in [0.05, 0.1) is 28.2 Å². The first-order chi connectivity index (χ1) is 9.29. The summed E-state index contributed by atoms with van der Waals surface area (Å²) >= 11 is 0. The van der Waals surface area contributed by atoms with Crippen molar-refractivity contribution in [2.75, 3.05) is 41.3 Å². The molecule has 0 bridgehead atoms. The summed E-state index contributed by atoms with van der Waals surface area (Å²) in [5, 5.41) is 17.8. The summed E-state index contributed by atoms with van der Waals surface area (Å²) in [4.78, 5) is 0. The van der Waals surface area contributed by atoms with Crippen LogP contribution in [0, 0.1) is 22.7 Å². The van der Waals surface area contributed by atoms with Crippen LogP contribution in [0.5, 0.6) is 0 Å². The second kappa shape index (κ2) is 9.66. The third-order valence-electron chi connectivity index (χ3n) is 3.31. The Morgan fingerprint density at radius 1 is 0.773 bits per heavy atom. The van der Waals surface area contributed by atoms with Gasteiger partial charge in [0.2, 0.25) is 0 Å². The molecule has 0 aromatic heterocycles. The van der Waals surface area contributed by atoms with Crippen LogP contribution in [0.2, 0.25) is 0 Å². The van der Waals surface area contributed by atoms with Gasteiger partial charge in [0, 0.05) is 11.1 Å². The molecule has 1 aromatic carbocycles. The van der Waals surface area contributed by atoms with Crippen LogP contribution in [0.1, 0.15) is 11.1 Å². The van der Waals surface area contributed by atoms with Crippen LogP contribution in [0.4, 0.5) is 0 Å². The second-order valence-corrected chi connectivity index (χ2v) is 6.59. The van der Waals surface area contributed by atoms with Crippen LogP contribution in [0.25, 0.3) is 0 Å². The maximum atomic E-state index is 8.90. The molecule has 0 N–H and O–H groups in total. The van der Waals surface area contributed by atoms with Gasteiger partial charge in [0.15, 0.2) is 13.1 Å². The van der Waals surface area contributed by atoms with E-state index in [0.29, 0.717) is 22.1 Å². The molecule has 0 aliphatic heterocycles. The van der Waals surface area contributed by atoms with Crippen LogP contribution < -0.4 is 24.8 Å². The number of hydrogen-bond donors (Lipinski definition) is 0. The summed E-state index contributed by atoms with van der Waals surface area (Å²) < 4.78 is 1.30. The molecule has 22 heavy (non-hydrogen) atoms. The quantitative estimate of drug-likeness (QED) is 0.389. The molecule has 0 amide bonds. The van der Waals surface area contributed by atoms with Gasteiger partial charge in [-0.05, 0) is 0 Å². The molecule has 0 aliphatic rings. The number of halogens is 2. The van der Waals surface area contributed by atoms with Crippen molar-refractivity contribution in [3.8, 4) is 12.1 Å². The molecule has 0 heterocycles. The molecule has 122 valence electrons. The summed E-state index contributed by atoms with van der Waals surface area (Å²) in [5.74, 6) is 0. The summed E-state index contributed by atoms with van der Waals surface area (Å²) in [7, 11) is 8.26. The van der Waals surface area contributed by atoms with Gasteiger partial charge >= 0.3 is 0 Å². The molecule has 0 spiro atoms. The highest BCUT2D eigenvalue weighted by Crippen LogP contribution is 2.18. The van der Waals surface area contributed by atoms with Crippen molar-refractivity contribution < 1.29 is 33.8 Å². The van der Waals surface area contributed by atoms with Gasteiger partial charge in [0.1, 0.15) is 25.2 Å². The molecule has 4 nitrogen and oxygen atoms in total. The first kappa shape index (κ1) is 23.0. The smallest absolute Gasteiger partial charge is 0.166 e. The van der Waals surface area contributed by atoms with Crippen LogP contribution in [0.3, 0.4) is 0 Å². The molecule has 1 rings (SSSR count). The van der Waals surface area contributed by atoms with Crippen molar-refractivity contribution in [1.29, 1.82) is 10.5 Å². The second-order valence-electron chi connectivity index (χ2n) is 6.59. The number of benzene rings is 1. The highest BCUT2D eigenvalue weighted by atomic mass is 35.5. The van der Waals surface area contributed by atoms with Gasteiger partial charge in [-0.2, -0.15) is 10.5 Å². The van der Waals surface area contributed by atoms with E-state index in [1.165, 1.54) is 11.1 Å². The molecule has 0 fully saturated rings. The number of hydrogen-bond acceptors (Lipinski definition) is 2. The Kier molecular flexibility index (Phi) is 10.1. The van der Waals surface area contributed by atoms with Gasteiger partial charge in [0.25, 0.3) is 0 Å². The summed E-state index contributed by atoms with van der Waals surface area (Å²) in [6, 6.07) is 12.8. The zero-order valence-electron chi connectivity index (χ0n) is 13.7. The Morgan fingerprint density at radius 3 is 1.36 bits per heavy atom. The first-order valence-electron chi connectivity index (χ1n) is 6.74. The van der Waals surface area contributed by atoms with E-state index in [1.54, 1.807) is 0 Å². The van der Waals surface area contributed by atoms with Gasteiger partial charge < -0.3 is 33.8 Å². The third kappa shape index (κ3) is 7.64. The predicted molar refractivity (Wildman–Crippen MR) is 79.0 cm³/mol. The maximum Gasteiger partial charge on any atom is 0.166 e. The van der Waals surface area contributed by atoms with E-state index in [0.717, 1.165) is 13.1 Å². The van der Waals surface area contributed by atoms with Gasteiger partial charge in [-0.15, -0.1) is 0 Å². The van der Waals surface area contributed by atoms with E-state index in [2.05, 4.69) is 52.5 Å². The standard InChI is InChI=1S/C16H24N4.2ClH/c1-19(2,11-9-17)13-15-7-5-6-8-16(15)14-20(3,4)12-10-18;;/h5-8H,11-14H2,1-4H3;2*1H/q+2;;/p-2. The lowest BCUT2D eigenvalue weighted by Crippen LogP contribution is -3.00. The Balaban J connectivity index is 0. The minimum atomic E-state index is 0. The highest BCUT2D eigenvalue weighted by molar-refractivity contribution is 5.25. The lowest BCUT2D eigenvalue weighted by Gasteiger charge is -2.30. The lowest BCUT2D eigenvalue weighted by atomic mass is 10.1. The number of nitriles is 2. The van der Waals surface area contributed by atoms with E-state index in [9.17, 15) is 0 Å². The number of rotatable bonds is 6. The van der Waals surface area contributed by atoms with Gasteiger partial charge in [-0.1, -0.05) is 24.3 Å². The number of nitrogens with zero attached hydrogens (tertiary/aromatic N) is 4. The molecular formula is C16H24Cl2N4. The molecule has 0 atom stereocenters. The Hall–Kier alpha value is -1.30. The van der Waals surface area contributed by atoms with Crippen molar-refractivity contribution in [2.45, 2.75) is 13.1 Å². The molecule has 0 saturated carbocycles. The van der Waals surface area contributed by atoms with E-state index >= 15 is 0 Å². The molecule has 6 heteroatoms. The largest absolute Gasteiger partial charge is 1.00 e. The highest BCUT2D eigenvalue weighted by Gasteiger charge is 2.21. The Morgan fingerprint density at radius 2 is 1.09 bits per heavy atom. The van der Waals surface area contributed by atoms with Gasteiger partial charge in [-0.3, -0.25) is 0 Å². The SMILES string of the molecule is C[N+](C)(CC#N)Cc1ccccc1C[N+](C)(C)CC#N.[Cl-].[Cl-]. The Labute approximate surface area is 146 Å². The van der Waals surface area contributed by atoms with Crippen molar-refractivity contribution in [3.05, 3.63) is 35.4 Å². The van der Waals surface area contributed by atoms with Crippen molar-refractivity contribution in [3.63, 3.8) is 0 Å². The molecule has 0 radical (unpaired) electrons. The zero-order valence-corrected chi connectivity index (χ0v) is 15.2. The lowest BCUT2D eigenvalue weighted by molar-refractivity contribution is -0.900. The van der Waals surface area contributed by atoms with Crippen LogP contribution in [-0.2, 0) is 13.1 Å². The maximum absolute atomic E-state index is 8.90. The predicted octanol–water partition coefficient (Wildman–Crippen LogP) is -4.11. The van der Waals surface area contributed by atoms with Crippen molar-refractivity contribution in [1.82, 2.24) is 0 Å². The zero-order chi connectivity index (χ0) is 15.2. The molecule has 0 aliphatic carbocycles. The minimum absolute atomic E-state index is 0. The average molecular weight is 343 g/mol. The van der Waals surface area contributed by atoms with Crippen molar-refractivity contribution in [2.24, 2.45) is 0 Å². The molecule has 0 saturated heterocycles. The fourth-order valence-electron chi connectivity index (χ4n) is 2.28. The molecule has 0 unspecified atom stereocenters. The normalized spacial score (nSPS) is 10.6. The number of quaternary nitrogens is 2. The summed E-state index contributed by atoms with van der Waals surface area (Å²) in [6.45, 7) is 2.64. The van der Waals surface area contributed by atoms with Crippen LogP contribution in [0.15, 0.2) is 24.3 Å². The molecular weight excluding hydrogens is 319 g/mol. The third-order valence-corrected chi connectivity index (χ3v) is 3.31. The van der Waals surface area contributed by atoms with Gasteiger partial charge in [-0.25, -0.2) is 0 Å². The van der Waals surface area contributed by atoms with Crippen molar-refractivity contribution >= 4 is 0 Å². The molecule has 1 aromatic rings. The van der Waals surface area contributed by atoms with E-state index in [1.807, 2.05) is 12.1 Å². The fourth-order valence-corrected chi connectivity index (χ4v) is 2.28. The van der Waals surface area contributed by atoms with E-state index in [-0.39, 0.29) is 24.8 Å². The van der Waals surface area contributed by atoms with E-state index < -0.39 is 0 Å². The average Bonchev–Trinajstić information content (AvgIpc) is 2.30.